The van der Waals surface area contributed by atoms with Crippen LogP contribution in [0, 0.1) is 0 Å². The molecule has 3 rings (SSSR count). The molecule has 144 valence electrons. The number of amides is 1. The predicted octanol–water partition coefficient (Wildman–Crippen LogP) is 6.00. The lowest BCUT2D eigenvalue weighted by Gasteiger charge is -2.22. The zero-order valence-electron chi connectivity index (χ0n) is 14.6. The molecule has 1 amide bonds. The van der Waals surface area contributed by atoms with Gasteiger partial charge in [0, 0.05) is 33.2 Å². The van der Waals surface area contributed by atoms with E-state index in [0.29, 0.717) is 33.8 Å². The number of hydrogen-bond donors (Lipinski definition) is 0. The number of likely N-dealkylation sites (N-methyl/N-ethyl adjacent to an activating group) is 1. The Morgan fingerprint density at radius 1 is 1.11 bits per heavy atom. The van der Waals surface area contributed by atoms with Crippen LogP contribution in [0.5, 0.6) is 0 Å². The molecule has 0 saturated heterocycles. The second kappa shape index (κ2) is 9.54. The lowest BCUT2D eigenvalue weighted by molar-refractivity contribution is 0.0985. The largest absolute Gasteiger partial charge is 0.308 e. The van der Waals surface area contributed by atoms with E-state index < -0.39 is 0 Å². The zero-order valence-corrected chi connectivity index (χ0v) is 19.3. The van der Waals surface area contributed by atoms with Crippen molar-refractivity contribution in [2.24, 2.45) is 0 Å². The molecule has 0 N–H and O–H groups in total. The Kier molecular flexibility index (Phi) is 7.92. The molecule has 0 aliphatic rings. The first-order valence-electron chi connectivity index (χ1n) is 7.82. The van der Waals surface area contributed by atoms with Gasteiger partial charge in [-0.25, -0.2) is 4.98 Å². The van der Waals surface area contributed by atoms with Crippen molar-refractivity contribution in [2.45, 2.75) is 0 Å². The summed E-state index contributed by atoms with van der Waals surface area (Å²) in [5, 5.41) is 1.52. The summed E-state index contributed by atoms with van der Waals surface area (Å²) in [6.45, 7) is 1.22. The van der Waals surface area contributed by atoms with Gasteiger partial charge in [0.05, 0.1) is 10.2 Å². The van der Waals surface area contributed by atoms with E-state index in [1.807, 2.05) is 37.2 Å². The summed E-state index contributed by atoms with van der Waals surface area (Å²) in [4.78, 5) is 21.5. The SMILES string of the molecule is CN(C)CCN(C(=O)c1cc(Cl)cc(Cl)c1)c1nc2ccc(Br)cc2s1.Cl. The number of rotatable bonds is 5. The molecule has 3 aromatic rings. The quantitative estimate of drug-likeness (QED) is 0.424. The molecule has 9 heteroatoms. The number of hydrogen-bond acceptors (Lipinski definition) is 4. The molecule has 0 aliphatic carbocycles. The number of benzene rings is 2. The Morgan fingerprint density at radius 3 is 2.41 bits per heavy atom. The highest BCUT2D eigenvalue weighted by atomic mass is 79.9. The van der Waals surface area contributed by atoms with Gasteiger partial charge in [-0.15, -0.1) is 12.4 Å². The second-order valence-electron chi connectivity index (χ2n) is 6.03. The van der Waals surface area contributed by atoms with E-state index in [0.717, 1.165) is 14.7 Å². The molecular weight excluding hydrogens is 493 g/mol. The Bertz CT molecular complexity index is 944. The van der Waals surface area contributed by atoms with Crippen molar-refractivity contribution < 1.29 is 4.79 Å². The number of nitrogens with zero attached hydrogens (tertiary/aromatic N) is 3. The Hall–Kier alpha value is -0.890. The van der Waals surface area contributed by atoms with Crippen molar-refractivity contribution in [2.75, 3.05) is 32.1 Å². The number of thiazole rings is 1. The van der Waals surface area contributed by atoms with Crippen LogP contribution < -0.4 is 4.90 Å². The minimum atomic E-state index is -0.172. The fourth-order valence-corrected chi connectivity index (χ4v) is 4.49. The van der Waals surface area contributed by atoms with Gasteiger partial charge in [-0.2, -0.15) is 0 Å². The maximum absolute atomic E-state index is 13.2. The fraction of sp³-hybridized carbons (Fsp3) is 0.222. The van der Waals surface area contributed by atoms with Gasteiger partial charge in [0.1, 0.15) is 0 Å². The van der Waals surface area contributed by atoms with Gasteiger partial charge in [0.2, 0.25) is 0 Å². The van der Waals surface area contributed by atoms with E-state index >= 15 is 0 Å². The van der Waals surface area contributed by atoms with Crippen LogP contribution in [-0.4, -0.2) is 43.0 Å². The van der Waals surface area contributed by atoms with Crippen LogP contribution in [0.15, 0.2) is 40.9 Å². The van der Waals surface area contributed by atoms with Crippen LogP contribution in [0.1, 0.15) is 10.4 Å². The molecule has 0 unspecified atom stereocenters. The van der Waals surface area contributed by atoms with E-state index in [4.69, 9.17) is 23.2 Å². The maximum Gasteiger partial charge on any atom is 0.260 e. The highest BCUT2D eigenvalue weighted by Crippen LogP contribution is 2.32. The van der Waals surface area contributed by atoms with E-state index in [2.05, 4.69) is 20.9 Å². The molecule has 0 bridgehead atoms. The van der Waals surface area contributed by atoms with Gasteiger partial charge in [0.25, 0.3) is 5.91 Å². The van der Waals surface area contributed by atoms with Gasteiger partial charge in [0.15, 0.2) is 5.13 Å². The monoisotopic (exact) mass is 507 g/mol. The molecule has 0 aliphatic heterocycles. The number of halogens is 4. The van der Waals surface area contributed by atoms with Crippen molar-refractivity contribution >= 4 is 84.1 Å². The van der Waals surface area contributed by atoms with Crippen LogP contribution in [0.4, 0.5) is 5.13 Å². The molecule has 4 nitrogen and oxygen atoms in total. The summed E-state index contributed by atoms with van der Waals surface area (Å²) >= 11 is 17.1. The molecule has 1 aromatic heterocycles. The third-order valence-corrected chi connectivity index (χ3v) is 5.67. The molecule has 1 heterocycles. The average Bonchev–Trinajstić information content (AvgIpc) is 2.96. The smallest absolute Gasteiger partial charge is 0.260 e. The molecular formula is C18H17BrCl3N3OS. The molecule has 0 atom stereocenters. The van der Waals surface area contributed by atoms with Crippen LogP contribution in [0.2, 0.25) is 10.0 Å². The van der Waals surface area contributed by atoms with E-state index in [1.165, 1.54) is 11.3 Å². The van der Waals surface area contributed by atoms with Crippen LogP contribution >= 0.6 is 62.9 Å². The first-order valence-corrected chi connectivity index (χ1v) is 10.2. The molecule has 27 heavy (non-hydrogen) atoms. The Labute approximate surface area is 186 Å². The third-order valence-electron chi connectivity index (χ3n) is 3.70. The maximum atomic E-state index is 13.2. The average molecular weight is 510 g/mol. The summed E-state index contributed by atoms with van der Waals surface area (Å²) in [6.07, 6.45) is 0. The number of anilines is 1. The number of carbonyl (C=O) groups is 1. The van der Waals surface area contributed by atoms with Crippen molar-refractivity contribution in [1.29, 1.82) is 0 Å². The summed E-state index contributed by atoms with van der Waals surface area (Å²) < 4.78 is 1.99. The predicted molar refractivity (Wildman–Crippen MR) is 121 cm³/mol. The molecule has 0 radical (unpaired) electrons. The first-order chi connectivity index (χ1) is 12.3. The standard InChI is InChI=1S/C18H16BrCl2N3OS.ClH/c1-23(2)5-6-24(17(25)11-7-13(20)10-14(21)8-11)18-22-15-4-3-12(19)9-16(15)26-18;/h3-4,7-10H,5-6H2,1-2H3;1H. The summed E-state index contributed by atoms with van der Waals surface area (Å²) in [6, 6.07) is 10.7. The fourth-order valence-electron chi connectivity index (χ4n) is 2.42. The minimum Gasteiger partial charge on any atom is -0.308 e. The van der Waals surface area contributed by atoms with Gasteiger partial charge >= 0.3 is 0 Å². The molecule has 2 aromatic carbocycles. The molecule has 0 spiro atoms. The number of aromatic nitrogens is 1. The van der Waals surface area contributed by atoms with Crippen molar-refractivity contribution in [3.05, 3.63) is 56.5 Å². The van der Waals surface area contributed by atoms with Crippen molar-refractivity contribution in [3.8, 4) is 0 Å². The molecule has 0 fully saturated rings. The highest BCUT2D eigenvalue weighted by molar-refractivity contribution is 9.10. The van der Waals surface area contributed by atoms with E-state index in [-0.39, 0.29) is 18.3 Å². The van der Waals surface area contributed by atoms with Crippen molar-refractivity contribution in [1.82, 2.24) is 9.88 Å². The second-order valence-corrected chi connectivity index (χ2v) is 8.82. The topological polar surface area (TPSA) is 36.4 Å². The van der Waals surface area contributed by atoms with E-state index in [1.54, 1.807) is 23.1 Å². The third kappa shape index (κ3) is 5.56. The van der Waals surface area contributed by atoms with Crippen molar-refractivity contribution in [3.63, 3.8) is 0 Å². The summed E-state index contributed by atoms with van der Waals surface area (Å²) in [7, 11) is 3.93. The van der Waals surface area contributed by atoms with Gasteiger partial charge in [-0.05, 0) is 50.5 Å². The van der Waals surface area contributed by atoms with Gasteiger partial charge in [-0.1, -0.05) is 50.5 Å². The number of carbonyl (C=O) groups excluding carboxylic acids is 1. The lowest BCUT2D eigenvalue weighted by atomic mass is 10.2. The number of fused-ring (bicyclic) bond motifs is 1. The Balaban J connectivity index is 0.00000261. The van der Waals surface area contributed by atoms with E-state index in [9.17, 15) is 4.79 Å². The minimum absolute atomic E-state index is 0. The van der Waals surface area contributed by atoms with Gasteiger partial charge < -0.3 is 4.90 Å². The zero-order chi connectivity index (χ0) is 18.8. The highest BCUT2D eigenvalue weighted by Gasteiger charge is 2.22. The first kappa shape index (κ1) is 22.4. The van der Waals surface area contributed by atoms with Crippen LogP contribution in [0.3, 0.4) is 0 Å². The van der Waals surface area contributed by atoms with Crippen LogP contribution in [0.25, 0.3) is 10.2 Å². The molecule has 0 saturated carbocycles. The normalized spacial score (nSPS) is 10.9. The Morgan fingerprint density at radius 2 is 1.78 bits per heavy atom. The van der Waals surface area contributed by atoms with Gasteiger partial charge in [-0.3, -0.25) is 9.69 Å². The lowest BCUT2D eigenvalue weighted by Crippen LogP contribution is -2.36. The summed E-state index contributed by atoms with van der Waals surface area (Å²) in [5.41, 5.74) is 1.31. The van der Waals surface area contributed by atoms with Crippen LogP contribution in [-0.2, 0) is 0 Å². The summed E-state index contributed by atoms with van der Waals surface area (Å²) in [5.74, 6) is -0.172.